The number of carbonyl (C=O) groups is 1. The Morgan fingerprint density at radius 3 is 2.57 bits per heavy atom. The maximum Gasteiger partial charge on any atom is 0.266 e. The van der Waals surface area contributed by atoms with Crippen molar-refractivity contribution in [2.24, 2.45) is 0 Å². The molecule has 0 radical (unpaired) electrons. The van der Waals surface area contributed by atoms with Crippen LogP contribution in [0.15, 0.2) is 67.0 Å². The van der Waals surface area contributed by atoms with Crippen molar-refractivity contribution in [3.8, 4) is 5.75 Å². The molecule has 0 aliphatic heterocycles. The molecular weight excluding hydrogens is 350 g/mol. The molecule has 28 heavy (non-hydrogen) atoms. The minimum absolute atomic E-state index is 0.0279. The van der Waals surface area contributed by atoms with Crippen molar-refractivity contribution in [2.75, 3.05) is 11.5 Å². The number of aromatic nitrogens is 2. The molecule has 0 N–H and O–H groups in total. The second-order valence-corrected chi connectivity index (χ2v) is 6.88. The Morgan fingerprint density at radius 2 is 1.75 bits per heavy atom. The minimum Gasteiger partial charge on any atom is -0.483 e. The molecule has 2 heterocycles. The Hall–Kier alpha value is -3.21. The zero-order valence-electron chi connectivity index (χ0n) is 15.8. The monoisotopic (exact) mass is 373 g/mol. The zero-order valence-corrected chi connectivity index (χ0v) is 15.8. The lowest BCUT2D eigenvalue weighted by Crippen LogP contribution is -2.35. The van der Waals surface area contributed by atoms with E-state index < -0.39 is 0 Å². The van der Waals surface area contributed by atoms with Gasteiger partial charge < -0.3 is 4.74 Å². The van der Waals surface area contributed by atoms with E-state index in [0.717, 1.165) is 48.3 Å². The molecule has 5 nitrogen and oxygen atoms in total. The van der Waals surface area contributed by atoms with Gasteiger partial charge in [-0.2, -0.15) is 0 Å². The summed E-state index contributed by atoms with van der Waals surface area (Å²) in [4.78, 5) is 23.5. The molecule has 0 spiro atoms. The SMILES string of the molecule is O=C(COc1ccnc2c1CCCC2)N(Cc1ccccc1)c1ccccn1. The number of nitrogens with zero attached hydrogens (tertiary/aromatic N) is 3. The molecule has 0 bridgehead atoms. The average molecular weight is 373 g/mol. The number of rotatable bonds is 6. The Labute approximate surface area is 165 Å². The number of carbonyl (C=O) groups excluding carboxylic acids is 1. The number of amides is 1. The number of benzene rings is 1. The molecule has 1 amide bonds. The maximum absolute atomic E-state index is 13.0. The van der Waals surface area contributed by atoms with E-state index in [1.807, 2.05) is 54.6 Å². The summed E-state index contributed by atoms with van der Waals surface area (Å²) < 4.78 is 5.95. The van der Waals surface area contributed by atoms with Crippen molar-refractivity contribution in [3.63, 3.8) is 0 Å². The van der Waals surface area contributed by atoms with Crippen molar-refractivity contribution in [3.05, 3.63) is 83.8 Å². The lowest BCUT2D eigenvalue weighted by molar-refractivity contribution is -0.120. The summed E-state index contributed by atoms with van der Waals surface area (Å²) in [6.45, 7) is 0.425. The van der Waals surface area contributed by atoms with Crippen LogP contribution in [0.1, 0.15) is 29.7 Å². The molecule has 0 saturated heterocycles. The number of anilines is 1. The second kappa shape index (κ2) is 8.65. The van der Waals surface area contributed by atoms with Crippen LogP contribution in [0.4, 0.5) is 5.82 Å². The number of hydrogen-bond donors (Lipinski definition) is 0. The molecule has 2 aromatic heterocycles. The van der Waals surface area contributed by atoms with Gasteiger partial charge in [0.1, 0.15) is 11.6 Å². The lowest BCUT2D eigenvalue weighted by atomic mass is 9.95. The summed E-state index contributed by atoms with van der Waals surface area (Å²) in [7, 11) is 0. The van der Waals surface area contributed by atoms with Gasteiger partial charge in [-0.1, -0.05) is 36.4 Å². The average Bonchev–Trinajstić information content (AvgIpc) is 2.77. The van der Waals surface area contributed by atoms with Gasteiger partial charge in [0, 0.05) is 23.7 Å². The fourth-order valence-electron chi connectivity index (χ4n) is 3.52. The van der Waals surface area contributed by atoms with Gasteiger partial charge in [-0.05, 0) is 49.4 Å². The second-order valence-electron chi connectivity index (χ2n) is 6.88. The van der Waals surface area contributed by atoms with E-state index in [2.05, 4.69) is 9.97 Å². The number of aryl methyl sites for hydroxylation is 1. The molecule has 0 saturated carbocycles. The lowest BCUT2D eigenvalue weighted by Gasteiger charge is -2.23. The van der Waals surface area contributed by atoms with Crippen LogP contribution in [0, 0.1) is 0 Å². The molecule has 3 aromatic rings. The normalized spacial score (nSPS) is 12.9. The molecule has 0 fully saturated rings. The summed E-state index contributed by atoms with van der Waals surface area (Å²) in [5.41, 5.74) is 3.29. The predicted octanol–water partition coefficient (Wildman–Crippen LogP) is 3.97. The molecule has 0 atom stereocenters. The van der Waals surface area contributed by atoms with E-state index in [0.29, 0.717) is 12.4 Å². The molecule has 1 aromatic carbocycles. The van der Waals surface area contributed by atoms with Crippen molar-refractivity contribution < 1.29 is 9.53 Å². The van der Waals surface area contributed by atoms with Crippen LogP contribution in [0.5, 0.6) is 5.75 Å². The predicted molar refractivity (Wildman–Crippen MR) is 108 cm³/mol. The van der Waals surface area contributed by atoms with Crippen LogP contribution in [0.25, 0.3) is 0 Å². The zero-order chi connectivity index (χ0) is 19.2. The van der Waals surface area contributed by atoms with E-state index in [1.54, 1.807) is 17.3 Å². The van der Waals surface area contributed by atoms with Gasteiger partial charge in [-0.3, -0.25) is 14.7 Å². The summed E-state index contributed by atoms with van der Waals surface area (Å²) in [6.07, 6.45) is 7.70. The molecule has 1 aliphatic rings. The number of fused-ring (bicyclic) bond motifs is 1. The van der Waals surface area contributed by atoms with E-state index in [1.165, 1.54) is 0 Å². The topological polar surface area (TPSA) is 55.3 Å². The Bertz CT molecular complexity index is 929. The van der Waals surface area contributed by atoms with Crippen molar-refractivity contribution >= 4 is 11.7 Å². The molecule has 5 heteroatoms. The van der Waals surface area contributed by atoms with Gasteiger partial charge in [0.2, 0.25) is 0 Å². The highest BCUT2D eigenvalue weighted by Crippen LogP contribution is 2.28. The van der Waals surface area contributed by atoms with Gasteiger partial charge in [0.05, 0.1) is 6.54 Å². The fourth-order valence-corrected chi connectivity index (χ4v) is 3.52. The first kappa shape index (κ1) is 18.2. The van der Waals surface area contributed by atoms with Crippen molar-refractivity contribution in [1.29, 1.82) is 0 Å². The number of ether oxygens (including phenoxy) is 1. The summed E-state index contributed by atoms with van der Waals surface area (Å²) in [6, 6.07) is 17.3. The van der Waals surface area contributed by atoms with Crippen LogP contribution in [-0.4, -0.2) is 22.5 Å². The Kier molecular flexibility index (Phi) is 5.61. The van der Waals surface area contributed by atoms with Gasteiger partial charge in [-0.15, -0.1) is 0 Å². The van der Waals surface area contributed by atoms with E-state index >= 15 is 0 Å². The summed E-state index contributed by atoms with van der Waals surface area (Å²) in [5, 5.41) is 0. The highest BCUT2D eigenvalue weighted by atomic mass is 16.5. The van der Waals surface area contributed by atoms with Crippen LogP contribution >= 0.6 is 0 Å². The third-order valence-corrected chi connectivity index (χ3v) is 4.95. The van der Waals surface area contributed by atoms with Gasteiger partial charge in [-0.25, -0.2) is 4.98 Å². The van der Waals surface area contributed by atoms with Crippen molar-refractivity contribution in [2.45, 2.75) is 32.2 Å². The molecular formula is C23H23N3O2. The first-order valence-electron chi connectivity index (χ1n) is 9.66. The van der Waals surface area contributed by atoms with Gasteiger partial charge >= 0.3 is 0 Å². The van der Waals surface area contributed by atoms with Crippen LogP contribution in [0.2, 0.25) is 0 Å². The van der Waals surface area contributed by atoms with E-state index in [9.17, 15) is 4.79 Å². The Balaban J connectivity index is 1.51. The summed E-state index contributed by atoms with van der Waals surface area (Å²) in [5.74, 6) is 1.28. The third-order valence-electron chi connectivity index (χ3n) is 4.95. The minimum atomic E-state index is -0.121. The maximum atomic E-state index is 13.0. The van der Waals surface area contributed by atoms with Crippen LogP contribution in [0.3, 0.4) is 0 Å². The van der Waals surface area contributed by atoms with Gasteiger partial charge in [0.25, 0.3) is 5.91 Å². The molecule has 0 unspecified atom stereocenters. The number of hydrogen-bond acceptors (Lipinski definition) is 4. The largest absolute Gasteiger partial charge is 0.483 e. The van der Waals surface area contributed by atoms with E-state index in [4.69, 9.17) is 4.74 Å². The smallest absolute Gasteiger partial charge is 0.266 e. The standard InChI is InChI=1S/C23H23N3O2/c27-23(17-28-21-13-15-24-20-11-5-4-10-19(20)21)26(22-12-6-7-14-25-22)16-18-8-2-1-3-9-18/h1-3,6-9,12-15H,4-5,10-11,16-17H2. The highest BCUT2D eigenvalue weighted by Gasteiger charge is 2.20. The molecule has 142 valence electrons. The van der Waals surface area contributed by atoms with Crippen molar-refractivity contribution in [1.82, 2.24) is 9.97 Å². The first-order chi connectivity index (χ1) is 13.8. The van der Waals surface area contributed by atoms with E-state index in [-0.39, 0.29) is 12.5 Å². The molecule has 1 aliphatic carbocycles. The van der Waals surface area contributed by atoms with Gasteiger partial charge in [0.15, 0.2) is 6.61 Å². The molecule has 4 rings (SSSR count). The fraction of sp³-hybridized carbons (Fsp3) is 0.261. The Morgan fingerprint density at radius 1 is 0.929 bits per heavy atom. The van der Waals surface area contributed by atoms with Crippen LogP contribution < -0.4 is 9.64 Å². The number of pyridine rings is 2. The van der Waals surface area contributed by atoms with Crippen LogP contribution in [-0.2, 0) is 24.2 Å². The third kappa shape index (κ3) is 4.19. The quantitative estimate of drug-likeness (QED) is 0.656. The first-order valence-corrected chi connectivity index (χ1v) is 9.66. The highest BCUT2D eigenvalue weighted by molar-refractivity contribution is 5.93. The summed E-state index contributed by atoms with van der Waals surface area (Å²) >= 11 is 0.